The van der Waals surface area contributed by atoms with Crippen molar-refractivity contribution < 1.29 is 19.4 Å². The predicted molar refractivity (Wildman–Crippen MR) is 95.4 cm³/mol. The summed E-state index contributed by atoms with van der Waals surface area (Å²) in [4.78, 5) is 25.7. The number of hydrogen-bond acceptors (Lipinski definition) is 4. The van der Waals surface area contributed by atoms with Crippen molar-refractivity contribution in [3.05, 3.63) is 29.8 Å². The van der Waals surface area contributed by atoms with Crippen LogP contribution < -0.4 is 10.1 Å². The Hall–Kier alpha value is -2.08. The molecule has 0 spiro atoms. The van der Waals surface area contributed by atoms with Gasteiger partial charge in [0.25, 0.3) is 0 Å². The number of nitrogens with zero attached hydrogens (tertiary/aromatic N) is 1. The maximum Gasteiger partial charge on any atom is 0.307 e. The minimum atomic E-state index is -0.862. The molecule has 2 rings (SSSR count). The Morgan fingerprint density at radius 2 is 1.80 bits per heavy atom. The molecule has 6 heteroatoms. The molecule has 2 unspecified atom stereocenters. The van der Waals surface area contributed by atoms with Crippen LogP contribution in [0.3, 0.4) is 0 Å². The molecule has 1 aromatic rings. The largest absolute Gasteiger partial charge is 0.492 e. The van der Waals surface area contributed by atoms with Crippen molar-refractivity contribution in [3.63, 3.8) is 0 Å². The first-order chi connectivity index (χ1) is 12.0. The number of likely N-dealkylation sites (N-methyl/N-ethyl adjacent to an activating group) is 1. The van der Waals surface area contributed by atoms with Crippen molar-refractivity contribution in [2.24, 2.45) is 11.8 Å². The Kier molecular flexibility index (Phi) is 7.25. The van der Waals surface area contributed by atoms with Crippen LogP contribution in [0.5, 0.6) is 5.75 Å². The first kappa shape index (κ1) is 19.2. The van der Waals surface area contributed by atoms with Gasteiger partial charge in [-0.2, -0.15) is 0 Å². The zero-order valence-electron chi connectivity index (χ0n) is 15.0. The topological polar surface area (TPSA) is 78.9 Å². The molecule has 0 radical (unpaired) electrons. The van der Waals surface area contributed by atoms with E-state index in [4.69, 9.17) is 4.74 Å². The zero-order chi connectivity index (χ0) is 18.2. The molecule has 2 atom stereocenters. The highest BCUT2D eigenvalue weighted by molar-refractivity contribution is 5.84. The minimum Gasteiger partial charge on any atom is -0.492 e. The van der Waals surface area contributed by atoms with E-state index in [1.165, 1.54) is 0 Å². The van der Waals surface area contributed by atoms with E-state index >= 15 is 0 Å². The molecule has 6 nitrogen and oxygen atoms in total. The molecule has 1 fully saturated rings. The SMILES string of the molecule is CN(C)CCOc1ccc(CNC(=O)C2CCCCC2C(=O)O)cc1. The fourth-order valence-electron chi connectivity index (χ4n) is 3.11. The molecular formula is C19H28N2O4. The van der Waals surface area contributed by atoms with E-state index in [0.717, 1.165) is 30.7 Å². The highest BCUT2D eigenvalue weighted by Gasteiger charge is 2.35. The molecule has 0 aromatic heterocycles. The van der Waals surface area contributed by atoms with Crippen molar-refractivity contribution in [3.8, 4) is 5.75 Å². The molecule has 138 valence electrons. The van der Waals surface area contributed by atoms with E-state index in [1.54, 1.807) is 0 Å². The molecule has 1 aromatic carbocycles. The first-order valence-electron chi connectivity index (χ1n) is 8.84. The maximum atomic E-state index is 12.4. The van der Waals surface area contributed by atoms with Gasteiger partial charge in [0.05, 0.1) is 11.8 Å². The first-order valence-corrected chi connectivity index (χ1v) is 8.84. The molecule has 25 heavy (non-hydrogen) atoms. The zero-order valence-corrected chi connectivity index (χ0v) is 15.0. The van der Waals surface area contributed by atoms with Gasteiger partial charge in [-0.15, -0.1) is 0 Å². The van der Waals surface area contributed by atoms with Crippen LogP contribution in [0.1, 0.15) is 31.2 Å². The van der Waals surface area contributed by atoms with E-state index in [0.29, 0.717) is 26.0 Å². The Morgan fingerprint density at radius 3 is 2.40 bits per heavy atom. The highest BCUT2D eigenvalue weighted by Crippen LogP contribution is 2.30. The number of rotatable bonds is 8. The lowest BCUT2D eigenvalue weighted by atomic mass is 9.78. The van der Waals surface area contributed by atoms with E-state index in [9.17, 15) is 14.7 Å². The summed E-state index contributed by atoms with van der Waals surface area (Å²) < 4.78 is 5.64. The average molecular weight is 348 g/mol. The van der Waals surface area contributed by atoms with Gasteiger partial charge in [0.2, 0.25) is 5.91 Å². The molecular weight excluding hydrogens is 320 g/mol. The Balaban J connectivity index is 1.81. The van der Waals surface area contributed by atoms with Crippen LogP contribution in [0, 0.1) is 11.8 Å². The van der Waals surface area contributed by atoms with Crippen LogP contribution in [0.25, 0.3) is 0 Å². The van der Waals surface area contributed by atoms with Crippen molar-refractivity contribution in [1.82, 2.24) is 10.2 Å². The molecule has 0 saturated heterocycles. The van der Waals surface area contributed by atoms with Gasteiger partial charge in [0.1, 0.15) is 12.4 Å². The van der Waals surface area contributed by atoms with Crippen LogP contribution in [0.15, 0.2) is 24.3 Å². The molecule has 1 aliphatic rings. The van der Waals surface area contributed by atoms with Gasteiger partial charge >= 0.3 is 5.97 Å². The second-order valence-electron chi connectivity index (χ2n) is 6.85. The van der Waals surface area contributed by atoms with Crippen LogP contribution in [-0.2, 0) is 16.1 Å². The summed E-state index contributed by atoms with van der Waals surface area (Å²) in [5, 5.41) is 12.2. The van der Waals surface area contributed by atoms with Crippen molar-refractivity contribution in [2.75, 3.05) is 27.2 Å². The Bertz CT molecular complexity index is 571. The lowest BCUT2D eigenvalue weighted by molar-refractivity contribution is -0.148. The normalized spacial score (nSPS) is 20.3. The molecule has 1 amide bonds. The van der Waals surface area contributed by atoms with Crippen molar-refractivity contribution >= 4 is 11.9 Å². The maximum absolute atomic E-state index is 12.4. The van der Waals surface area contributed by atoms with Crippen LogP contribution in [0.2, 0.25) is 0 Å². The lowest BCUT2D eigenvalue weighted by Gasteiger charge is -2.27. The fraction of sp³-hybridized carbons (Fsp3) is 0.579. The molecule has 0 bridgehead atoms. The Morgan fingerprint density at radius 1 is 1.16 bits per heavy atom. The summed E-state index contributed by atoms with van der Waals surface area (Å²) in [6.45, 7) is 1.88. The second kappa shape index (κ2) is 9.42. The van der Waals surface area contributed by atoms with E-state index in [2.05, 4.69) is 10.2 Å². The monoisotopic (exact) mass is 348 g/mol. The van der Waals surface area contributed by atoms with Crippen LogP contribution in [-0.4, -0.2) is 49.1 Å². The van der Waals surface area contributed by atoms with Crippen molar-refractivity contribution in [2.45, 2.75) is 32.2 Å². The summed E-state index contributed by atoms with van der Waals surface area (Å²) in [5.74, 6) is -1.19. The summed E-state index contributed by atoms with van der Waals surface area (Å²) in [7, 11) is 3.99. The fourth-order valence-corrected chi connectivity index (χ4v) is 3.11. The number of amides is 1. The van der Waals surface area contributed by atoms with Crippen LogP contribution >= 0.6 is 0 Å². The number of carbonyl (C=O) groups is 2. The summed E-state index contributed by atoms with van der Waals surface area (Å²) >= 11 is 0. The van der Waals surface area contributed by atoms with E-state index < -0.39 is 17.8 Å². The summed E-state index contributed by atoms with van der Waals surface area (Å²) in [5.41, 5.74) is 0.969. The van der Waals surface area contributed by atoms with Gasteiger partial charge in [-0.25, -0.2) is 0 Å². The van der Waals surface area contributed by atoms with Gasteiger partial charge in [0.15, 0.2) is 0 Å². The average Bonchev–Trinajstić information content (AvgIpc) is 2.60. The number of benzene rings is 1. The van der Waals surface area contributed by atoms with Gasteiger partial charge in [-0.3, -0.25) is 9.59 Å². The van der Waals surface area contributed by atoms with Gasteiger partial charge < -0.3 is 20.1 Å². The Labute approximate surface area is 149 Å². The molecule has 1 aliphatic carbocycles. The smallest absolute Gasteiger partial charge is 0.307 e. The molecule has 1 saturated carbocycles. The number of nitrogens with one attached hydrogen (secondary N) is 1. The number of ether oxygens (including phenoxy) is 1. The van der Waals surface area contributed by atoms with Gasteiger partial charge in [0, 0.05) is 13.1 Å². The minimum absolute atomic E-state index is 0.154. The standard InChI is InChI=1S/C19H28N2O4/c1-21(2)11-12-25-15-9-7-14(8-10-15)13-20-18(22)16-5-3-4-6-17(16)19(23)24/h7-10,16-17H,3-6,11-13H2,1-2H3,(H,20,22)(H,23,24). The third-order valence-electron chi connectivity index (χ3n) is 4.62. The van der Waals surface area contributed by atoms with Gasteiger partial charge in [-0.05, 0) is 44.6 Å². The highest BCUT2D eigenvalue weighted by atomic mass is 16.5. The van der Waals surface area contributed by atoms with E-state index in [-0.39, 0.29) is 5.91 Å². The predicted octanol–water partition coefficient (Wildman–Crippen LogP) is 2.13. The van der Waals surface area contributed by atoms with Crippen molar-refractivity contribution in [1.29, 1.82) is 0 Å². The summed E-state index contributed by atoms with van der Waals surface area (Å²) in [6.07, 6.45) is 3.05. The second-order valence-corrected chi connectivity index (χ2v) is 6.85. The quantitative estimate of drug-likeness (QED) is 0.752. The molecule has 0 aliphatic heterocycles. The number of hydrogen-bond donors (Lipinski definition) is 2. The molecule has 0 heterocycles. The summed E-state index contributed by atoms with van der Waals surface area (Å²) in [6, 6.07) is 7.61. The third kappa shape index (κ3) is 6.05. The van der Waals surface area contributed by atoms with Crippen LogP contribution in [0.4, 0.5) is 0 Å². The van der Waals surface area contributed by atoms with Gasteiger partial charge in [-0.1, -0.05) is 25.0 Å². The lowest BCUT2D eigenvalue weighted by Crippen LogP contribution is -2.39. The number of carboxylic acid groups (broad SMARTS) is 1. The number of aliphatic carboxylic acids is 1. The van der Waals surface area contributed by atoms with E-state index in [1.807, 2.05) is 38.4 Å². The molecule has 2 N–H and O–H groups in total. The number of carboxylic acids is 1. The number of carbonyl (C=O) groups excluding carboxylic acids is 1. The third-order valence-corrected chi connectivity index (χ3v) is 4.62.